The number of non-ortho nitro benzene ring substituents is 1. The summed E-state index contributed by atoms with van der Waals surface area (Å²) in [6.45, 7) is 1.95. The molecule has 0 spiro atoms. The van der Waals surface area contributed by atoms with Gasteiger partial charge in [0.05, 0.1) is 10.4 Å². The molecule has 0 radical (unpaired) electrons. The van der Waals surface area contributed by atoms with Crippen molar-refractivity contribution < 1.29 is 9.72 Å². The van der Waals surface area contributed by atoms with Crippen LogP contribution < -0.4 is 5.49 Å². The van der Waals surface area contributed by atoms with Crippen molar-refractivity contribution in [1.82, 2.24) is 4.57 Å². The molecule has 0 fully saturated rings. The molecule has 1 amide bonds. The molecule has 0 aliphatic rings. The minimum Gasteiger partial charge on any atom is -0.329 e. The zero-order chi connectivity index (χ0) is 17.3. The first kappa shape index (κ1) is 15.6. The highest BCUT2D eigenvalue weighted by Crippen LogP contribution is 2.18. The van der Waals surface area contributed by atoms with E-state index in [-0.39, 0.29) is 11.6 Å². The van der Waals surface area contributed by atoms with Crippen LogP contribution in [0.5, 0.6) is 0 Å². The number of benzene rings is 2. The SMILES string of the molecule is Cc1ccc(C(=O)N=c2ccc3ccc([N+](=O)[O-])cc3n2C)cc1. The Hall–Kier alpha value is -3.28. The van der Waals surface area contributed by atoms with Gasteiger partial charge in [-0.15, -0.1) is 0 Å². The van der Waals surface area contributed by atoms with Crippen LogP contribution in [-0.4, -0.2) is 15.4 Å². The third kappa shape index (κ3) is 2.94. The molecule has 0 atom stereocenters. The first-order chi connectivity index (χ1) is 11.5. The second-order valence-electron chi connectivity index (χ2n) is 5.53. The van der Waals surface area contributed by atoms with E-state index in [2.05, 4.69) is 4.99 Å². The average Bonchev–Trinajstić information content (AvgIpc) is 2.57. The number of nitro benzene ring substituents is 1. The predicted molar refractivity (Wildman–Crippen MR) is 90.6 cm³/mol. The van der Waals surface area contributed by atoms with Crippen molar-refractivity contribution in [2.24, 2.45) is 12.0 Å². The number of pyridine rings is 1. The van der Waals surface area contributed by atoms with Crippen LogP contribution in [0, 0.1) is 17.0 Å². The molecule has 2 aromatic carbocycles. The summed E-state index contributed by atoms with van der Waals surface area (Å²) < 4.78 is 1.68. The van der Waals surface area contributed by atoms with Gasteiger partial charge in [-0.3, -0.25) is 14.9 Å². The van der Waals surface area contributed by atoms with Crippen molar-refractivity contribution in [1.29, 1.82) is 0 Å². The summed E-state index contributed by atoms with van der Waals surface area (Å²) in [7, 11) is 1.73. The maximum Gasteiger partial charge on any atom is 0.278 e. The fourth-order valence-corrected chi connectivity index (χ4v) is 2.45. The number of hydrogen-bond acceptors (Lipinski definition) is 3. The van der Waals surface area contributed by atoms with Crippen molar-refractivity contribution in [2.45, 2.75) is 6.92 Å². The lowest BCUT2D eigenvalue weighted by Crippen LogP contribution is -2.19. The van der Waals surface area contributed by atoms with Crippen LogP contribution in [-0.2, 0) is 7.05 Å². The highest BCUT2D eigenvalue weighted by molar-refractivity contribution is 5.95. The summed E-state index contributed by atoms with van der Waals surface area (Å²) in [6.07, 6.45) is 0. The Kier molecular flexibility index (Phi) is 3.95. The average molecular weight is 321 g/mol. The molecule has 3 aromatic rings. The van der Waals surface area contributed by atoms with Crippen LogP contribution in [0.25, 0.3) is 10.9 Å². The van der Waals surface area contributed by atoms with Gasteiger partial charge in [0.2, 0.25) is 0 Å². The molecule has 0 aliphatic carbocycles. The maximum absolute atomic E-state index is 12.3. The Balaban J connectivity index is 2.11. The van der Waals surface area contributed by atoms with Gasteiger partial charge in [-0.25, -0.2) is 0 Å². The number of hydrogen-bond donors (Lipinski definition) is 0. The topological polar surface area (TPSA) is 77.5 Å². The van der Waals surface area contributed by atoms with Gasteiger partial charge in [0, 0.05) is 24.7 Å². The van der Waals surface area contributed by atoms with E-state index in [0.29, 0.717) is 16.6 Å². The predicted octanol–water partition coefficient (Wildman–Crippen LogP) is 3.14. The number of fused-ring (bicyclic) bond motifs is 1. The zero-order valence-electron chi connectivity index (χ0n) is 13.3. The zero-order valence-corrected chi connectivity index (χ0v) is 13.3. The standard InChI is InChI=1S/C18H15N3O3/c1-12-3-5-14(6-4-12)18(22)19-17-10-8-13-7-9-15(21(23)24)11-16(13)20(17)2/h3-11H,1-2H3. The third-order valence-electron chi connectivity index (χ3n) is 3.86. The first-order valence-electron chi connectivity index (χ1n) is 7.35. The molecule has 1 heterocycles. The molecule has 0 bridgehead atoms. The summed E-state index contributed by atoms with van der Waals surface area (Å²) in [4.78, 5) is 26.9. The van der Waals surface area contributed by atoms with Crippen LogP contribution in [0.15, 0.2) is 59.6 Å². The first-order valence-corrected chi connectivity index (χ1v) is 7.35. The molecule has 0 aliphatic heterocycles. The molecule has 0 saturated carbocycles. The number of carbonyl (C=O) groups is 1. The highest BCUT2D eigenvalue weighted by atomic mass is 16.6. The van der Waals surface area contributed by atoms with Gasteiger partial charge in [0.1, 0.15) is 5.49 Å². The normalized spacial score (nSPS) is 11.7. The number of amides is 1. The Morgan fingerprint density at radius 2 is 1.75 bits per heavy atom. The molecule has 0 N–H and O–H groups in total. The van der Waals surface area contributed by atoms with E-state index in [4.69, 9.17) is 0 Å². The van der Waals surface area contributed by atoms with E-state index in [0.717, 1.165) is 10.9 Å². The quantitative estimate of drug-likeness (QED) is 0.537. The summed E-state index contributed by atoms with van der Waals surface area (Å²) in [6, 6.07) is 15.3. The lowest BCUT2D eigenvalue weighted by molar-refractivity contribution is -0.384. The lowest BCUT2D eigenvalue weighted by atomic mass is 10.1. The van der Waals surface area contributed by atoms with Crippen LogP contribution in [0.3, 0.4) is 0 Å². The van der Waals surface area contributed by atoms with E-state index < -0.39 is 4.92 Å². The van der Waals surface area contributed by atoms with Crippen molar-refractivity contribution in [3.63, 3.8) is 0 Å². The monoisotopic (exact) mass is 321 g/mol. The van der Waals surface area contributed by atoms with E-state index in [9.17, 15) is 14.9 Å². The molecule has 0 unspecified atom stereocenters. The molecular weight excluding hydrogens is 306 g/mol. The van der Waals surface area contributed by atoms with Crippen LogP contribution >= 0.6 is 0 Å². The largest absolute Gasteiger partial charge is 0.329 e. The van der Waals surface area contributed by atoms with Crippen molar-refractivity contribution in [2.75, 3.05) is 0 Å². The van der Waals surface area contributed by atoms with Crippen LogP contribution in [0.4, 0.5) is 5.69 Å². The van der Waals surface area contributed by atoms with Gasteiger partial charge >= 0.3 is 0 Å². The second-order valence-corrected chi connectivity index (χ2v) is 5.53. The number of nitrogens with zero attached hydrogens (tertiary/aromatic N) is 3. The molecule has 3 rings (SSSR count). The third-order valence-corrected chi connectivity index (χ3v) is 3.86. The lowest BCUT2D eigenvalue weighted by Gasteiger charge is -2.06. The maximum atomic E-state index is 12.3. The summed E-state index contributed by atoms with van der Waals surface area (Å²) in [5, 5.41) is 11.8. The molecule has 1 aromatic heterocycles. The van der Waals surface area contributed by atoms with Crippen molar-refractivity contribution in [3.8, 4) is 0 Å². The Labute approximate surface area is 137 Å². The molecule has 24 heavy (non-hydrogen) atoms. The molecule has 0 saturated heterocycles. The number of nitro groups is 1. The number of aryl methyl sites for hydroxylation is 2. The van der Waals surface area contributed by atoms with Gasteiger partial charge in [-0.05, 0) is 42.6 Å². The van der Waals surface area contributed by atoms with Crippen LogP contribution in [0.1, 0.15) is 15.9 Å². The van der Waals surface area contributed by atoms with Gasteiger partial charge in [-0.2, -0.15) is 4.99 Å². The van der Waals surface area contributed by atoms with E-state index in [1.54, 1.807) is 41.9 Å². The van der Waals surface area contributed by atoms with Gasteiger partial charge in [0.15, 0.2) is 0 Å². The summed E-state index contributed by atoms with van der Waals surface area (Å²) in [5.41, 5.74) is 2.64. The van der Waals surface area contributed by atoms with E-state index >= 15 is 0 Å². The number of carbonyl (C=O) groups excluding carboxylic acids is 1. The Bertz CT molecular complexity index is 1020. The number of rotatable bonds is 2. The van der Waals surface area contributed by atoms with E-state index in [1.807, 2.05) is 19.1 Å². The summed E-state index contributed by atoms with van der Waals surface area (Å²) in [5.74, 6) is -0.351. The molecule has 6 heteroatoms. The highest BCUT2D eigenvalue weighted by Gasteiger charge is 2.09. The number of aromatic nitrogens is 1. The minimum atomic E-state index is -0.444. The molecule has 120 valence electrons. The second kappa shape index (κ2) is 6.08. The van der Waals surface area contributed by atoms with E-state index in [1.165, 1.54) is 12.1 Å². The van der Waals surface area contributed by atoms with Crippen molar-refractivity contribution in [3.05, 3.63) is 81.3 Å². The molecular formula is C18H15N3O3. The fourth-order valence-electron chi connectivity index (χ4n) is 2.45. The Morgan fingerprint density at radius 1 is 1.08 bits per heavy atom. The van der Waals surface area contributed by atoms with Crippen molar-refractivity contribution >= 4 is 22.5 Å². The summed E-state index contributed by atoms with van der Waals surface area (Å²) >= 11 is 0. The molecule has 6 nitrogen and oxygen atoms in total. The smallest absolute Gasteiger partial charge is 0.278 e. The van der Waals surface area contributed by atoms with Gasteiger partial charge in [-0.1, -0.05) is 17.7 Å². The van der Waals surface area contributed by atoms with Gasteiger partial charge in [0.25, 0.3) is 11.6 Å². The fraction of sp³-hybridized carbons (Fsp3) is 0.111. The van der Waals surface area contributed by atoms with Crippen LogP contribution in [0.2, 0.25) is 0 Å². The Morgan fingerprint density at radius 3 is 2.42 bits per heavy atom. The van der Waals surface area contributed by atoms with Gasteiger partial charge < -0.3 is 4.57 Å². The minimum absolute atomic E-state index is 0.000103.